The second-order valence-corrected chi connectivity index (χ2v) is 6.73. The van der Waals surface area contributed by atoms with Crippen LogP contribution in [-0.2, 0) is 9.59 Å². The molecule has 0 radical (unpaired) electrons. The molecule has 1 aliphatic heterocycles. The summed E-state index contributed by atoms with van der Waals surface area (Å²) in [4.78, 5) is 28.4. The van der Waals surface area contributed by atoms with Crippen LogP contribution in [0, 0.1) is 5.82 Å². The number of hydrogen-bond donors (Lipinski definition) is 1. The highest BCUT2D eigenvalue weighted by molar-refractivity contribution is 5.92. The summed E-state index contributed by atoms with van der Waals surface area (Å²) in [7, 11) is 0. The van der Waals surface area contributed by atoms with Gasteiger partial charge in [-0.1, -0.05) is 24.3 Å². The molecule has 0 saturated carbocycles. The van der Waals surface area contributed by atoms with Gasteiger partial charge in [0.1, 0.15) is 11.6 Å². The van der Waals surface area contributed by atoms with E-state index in [4.69, 9.17) is 4.74 Å². The largest absolute Gasteiger partial charge is 0.481 e. The van der Waals surface area contributed by atoms with Gasteiger partial charge in [-0.15, -0.1) is 0 Å². The van der Waals surface area contributed by atoms with E-state index >= 15 is 0 Å². The fourth-order valence-electron chi connectivity index (χ4n) is 3.11. The number of nitrogens with one attached hydrogen (secondary N) is 1. The second-order valence-electron chi connectivity index (χ2n) is 6.73. The third-order valence-electron chi connectivity index (χ3n) is 4.56. The van der Waals surface area contributed by atoms with Crippen LogP contribution in [0.4, 0.5) is 10.1 Å². The van der Waals surface area contributed by atoms with Crippen LogP contribution in [0.2, 0.25) is 0 Å². The maximum atomic E-state index is 13.2. The first-order chi connectivity index (χ1) is 13.5. The van der Waals surface area contributed by atoms with E-state index in [1.54, 1.807) is 24.0 Å². The summed E-state index contributed by atoms with van der Waals surface area (Å²) in [6, 6.07) is 15.1. The van der Waals surface area contributed by atoms with Gasteiger partial charge in [0, 0.05) is 31.9 Å². The van der Waals surface area contributed by atoms with Crippen molar-refractivity contribution in [3.8, 4) is 5.75 Å². The molecular weight excluding hydrogens is 361 g/mol. The van der Waals surface area contributed by atoms with Gasteiger partial charge in [0.25, 0.3) is 5.91 Å². The molecular formula is C21H24FN3O3. The second kappa shape index (κ2) is 9.32. The molecule has 0 spiro atoms. The van der Waals surface area contributed by atoms with Gasteiger partial charge in [0.2, 0.25) is 5.91 Å². The Kier molecular flexibility index (Phi) is 6.60. The van der Waals surface area contributed by atoms with Crippen LogP contribution >= 0.6 is 0 Å². The number of halogens is 1. The van der Waals surface area contributed by atoms with Gasteiger partial charge < -0.3 is 15.0 Å². The third-order valence-corrected chi connectivity index (χ3v) is 4.56. The highest BCUT2D eigenvalue weighted by Crippen LogP contribution is 2.13. The smallest absolute Gasteiger partial charge is 0.263 e. The summed E-state index contributed by atoms with van der Waals surface area (Å²) in [5.74, 6) is 0.00615. The fraction of sp³-hybridized carbons (Fsp3) is 0.333. The van der Waals surface area contributed by atoms with E-state index in [1.165, 1.54) is 12.1 Å². The number of piperazine rings is 1. The van der Waals surface area contributed by atoms with Crippen LogP contribution < -0.4 is 10.1 Å². The number of hydrogen-bond acceptors (Lipinski definition) is 4. The summed E-state index contributed by atoms with van der Waals surface area (Å²) in [6.45, 7) is 4.21. The third kappa shape index (κ3) is 5.53. The molecule has 3 rings (SSSR count). The fourth-order valence-corrected chi connectivity index (χ4v) is 3.11. The molecule has 1 fully saturated rings. The van der Waals surface area contributed by atoms with Crippen LogP contribution in [0.5, 0.6) is 5.75 Å². The molecule has 1 atom stereocenters. The van der Waals surface area contributed by atoms with Crippen molar-refractivity contribution in [1.82, 2.24) is 9.80 Å². The van der Waals surface area contributed by atoms with Gasteiger partial charge in [0.15, 0.2) is 6.10 Å². The predicted molar refractivity (Wildman–Crippen MR) is 105 cm³/mol. The van der Waals surface area contributed by atoms with Crippen LogP contribution in [0.3, 0.4) is 0 Å². The Morgan fingerprint density at radius 1 is 1.07 bits per heavy atom. The average Bonchev–Trinajstić information content (AvgIpc) is 2.68. The van der Waals surface area contributed by atoms with Crippen LogP contribution in [0.25, 0.3) is 0 Å². The predicted octanol–water partition coefficient (Wildman–Crippen LogP) is 2.38. The SMILES string of the molecule is CC(Oc1ccccc1)C(=O)N1CCN(CC(=O)Nc2cccc(F)c2)CC1. The molecule has 1 unspecified atom stereocenters. The van der Waals surface area contributed by atoms with E-state index < -0.39 is 11.9 Å². The molecule has 1 N–H and O–H groups in total. The minimum Gasteiger partial charge on any atom is -0.481 e. The highest BCUT2D eigenvalue weighted by atomic mass is 19.1. The maximum absolute atomic E-state index is 13.2. The summed E-state index contributed by atoms with van der Waals surface area (Å²) >= 11 is 0. The Hall–Kier alpha value is -2.93. The van der Waals surface area contributed by atoms with E-state index in [0.29, 0.717) is 37.6 Å². The monoisotopic (exact) mass is 385 g/mol. The molecule has 28 heavy (non-hydrogen) atoms. The first-order valence-corrected chi connectivity index (χ1v) is 9.29. The molecule has 2 aromatic carbocycles. The quantitative estimate of drug-likeness (QED) is 0.829. The van der Waals surface area contributed by atoms with Gasteiger partial charge in [-0.2, -0.15) is 0 Å². The lowest BCUT2D eigenvalue weighted by atomic mass is 10.2. The molecule has 1 aliphatic rings. The van der Waals surface area contributed by atoms with Gasteiger partial charge in [-0.25, -0.2) is 4.39 Å². The van der Waals surface area contributed by atoms with Crippen molar-refractivity contribution in [2.24, 2.45) is 0 Å². The molecule has 0 bridgehead atoms. The van der Waals surface area contributed by atoms with Crippen molar-refractivity contribution in [1.29, 1.82) is 0 Å². The van der Waals surface area contributed by atoms with Crippen LogP contribution in [-0.4, -0.2) is 60.4 Å². The number of carbonyl (C=O) groups is 2. The van der Waals surface area contributed by atoms with E-state index in [-0.39, 0.29) is 18.4 Å². The van der Waals surface area contributed by atoms with E-state index in [0.717, 1.165) is 0 Å². The minimum absolute atomic E-state index is 0.0623. The number of ether oxygens (including phenoxy) is 1. The number of nitrogens with zero attached hydrogens (tertiary/aromatic N) is 2. The summed E-state index contributed by atoms with van der Waals surface area (Å²) in [5, 5.41) is 2.69. The lowest BCUT2D eigenvalue weighted by Crippen LogP contribution is -2.53. The molecule has 148 valence electrons. The molecule has 0 aromatic heterocycles. The molecule has 6 nitrogen and oxygen atoms in total. The Balaban J connectivity index is 1.43. The minimum atomic E-state index is -0.565. The van der Waals surface area contributed by atoms with Crippen molar-refractivity contribution in [3.63, 3.8) is 0 Å². The molecule has 0 aliphatic carbocycles. The number of anilines is 1. The first-order valence-electron chi connectivity index (χ1n) is 9.29. The van der Waals surface area contributed by atoms with Crippen molar-refractivity contribution in [2.75, 3.05) is 38.0 Å². The standard InChI is InChI=1S/C21H24FN3O3/c1-16(28-19-8-3-2-4-9-19)21(27)25-12-10-24(11-13-25)15-20(26)23-18-7-5-6-17(22)14-18/h2-9,14,16H,10-13,15H2,1H3,(H,23,26). The van der Waals surface area contributed by atoms with Gasteiger partial charge in [-0.3, -0.25) is 14.5 Å². The molecule has 2 amide bonds. The van der Waals surface area contributed by atoms with E-state index in [9.17, 15) is 14.0 Å². The summed E-state index contributed by atoms with van der Waals surface area (Å²) in [6.07, 6.45) is -0.565. The topological polar surface area (TPSA) is 61.9 Å². The van der Waals surface area contributed by atoms with Crippen molar-refractivity contribution < 1.29 is 18.7 Å². The number of carbonyl (C=O) groups excluding carboxylic acids is 2. The lowest BCUT2D eigenvalue weighted by molar-refractivity contribution is -0.139. The normalized spacial score (nSPS) is 15.7. The molecule has 2 aromatic rings. The van der Waals surface area contributed by atoms with E-state index in [1.807, 2.05) is 35.2 Å². The lowest BCUT2D eigenvalue weighted by Gasteiger charge is -2.35. The highest BCUT2D eigenvalue weighted by Gasteiger charge is 2.26. The van der Waals surface area contributed by atoms with Crippen LogP contribution in [0.15, 0.2) is 54.6 Å². The number of para-hydroxylation sites is 1. The Morgan fingerprint density at radius 3 is 2.46 bits per heavy atom. The van der Waals surface area contributed by atoms with Crippen molar-refractivity contribution >= 4 is 17.5 Å². The van der Waals surface area contributed by atoms with Crippen molar-refractivity contribution in [2.45, 2.75) is 13.0 Å². The number of rotatable bonds is 6. The first kappa shape index (κ1) is 19.8. The Labute approximate surface area is 163 Å². The Morgan fingerprint density at radius 2 is 1.79 bits per heavy atom. The Bertz CT molecular complexity index is 808. The summed E-state index contributed by atoms with van der Waals surface area (Å²) < 4.78 is 18.9. The molecule has 1 heterocycles. The average molecular weight is 385 g/mol. The zero-order chi connectivity index (χ0) is 19.9. The van der Waals surface area contributed by atoms with Crippen LogP contribution in [0.1, 0.15) is 6.92 Å². The molecule has 7 heteroatoms. The zero-order valence-corrected chi connectivity index (χ0v) is 15.8. The van der Waals surface area contributed by atoms with Crippen molar-refractivity contribution in [3.05, 3.63) is 60.4 Å². The molecule has 1 saturated heterocycles. The zero-order valence-electron chi connectivity index (χ0n) is 15.8. The maximum Gasteiger partial charge on any atom is 0.263 e. The van der Waals surface area contributed by atoms with E-state index in [2.05, 4.69) is 5.32 Å². The van der Waals surface area contributed by atoms with Gasteiger partial charge in [-0.05, 0) is 37.3 Å². The van der Waals surface area contributed by atoms with Gasteiger partial charge >= 0.3 is 0 Å². The number of amides is 2. The number of benzene rings is 2. The van der Waals surface area contributed by atoms with Gasteiger partial charge in [0.05, 0.1) is 6.54 Å². The summed E-state index contributed by atoms with van der Waals surface area (Å²) in [5.41, 5.74) is 0.436.